The Bertz CT molecular complexity index is 740. The van der Waals surface area contributed by atoms with Crippen molar-refractivity contribution < 1.29 is 9.59 Å². The van der Waals surface area contributed by atoms with Crippen LogP contribution in [0, 0.1) is 5.92 Å². The fourth-order valence-electron chi connectivity index (χ4n) is 3.05. The SMILES string of the molecule is CNC(=O)Cc1ccc(NC(=O)C2CCN(c3cnccn3)CC2)cc1. The summed E-state index contributed by atoms with van der Waals surface area (Å²) in [5.41, 5.74) is 1.67. The molecule has 3 rings (SSSR count). The van der Waals surface area contributed by atoms with Crippen molar-refractivity contribution in [2.75, 3.05) is 30.4 Å². The van der Waals surface area contributed by atoms with Crippen LogP contribution in [-0.2, 0) is 16.0 Å². The number of benzene rings is 1. The number of rotatable bonds is 5. The van der Waals surface area contributed by atoms with Crippen LogP contribution in [-0.4, -0.2) is 41.9 Å². The maximum atomic E-state index is 12.5. The first-order valence-corrected chi connectivity index (χ1v) is 8.77. The van der Waals surface area contributed by atoms with Gasteiger partial charge < -0.3 is 15.5 Å². The summed E-state index contributed by atoms with van der Waals surface area (Å²) >= 11 is 0. The molecule has 2 aromatic rings. The zero-order valence-corrected chi connectivity index (χ0v) is 14.8. The smallest absolute Gasteiger partial charge is 0.227 e. The summed E-state index contributed by atoms with van der Waals surface area (Å²) in [6.07, 6.45) is 7.01. The van der Waals surface area contributed by atoms with E-state index in [0.717, 1.165) is 43.0 Å². The molecule has 0 radical (unpaired) electrons. The Hall–Kier alpha value is -2.96. The molecule has 1 fully saturated rings. The topological polar surface area (TPSA) is 87.2 Å². The first-order chi connectivity index (χ1) is 12.7. The zero-order chi connectivity index (χ0) is 18.4. The van der Waals surface area contributed by atoms with Gasteiger partial charge in [-0.2, -0.15) is 0 Å². The third-order valence-electron chi connectivity index (χ3n) is 4.60. The summed E-state index contributed by atoms with van der Waals surface area (Å²) in [7, 11) is 1.62. The first kappa shape index (κ1) is 17.8. The van der Waals surface area contributed by atoms with Crippen LogP contribution in [0.5, 0.6) is 0 Å². The Morgan fingerprint density at radius 2 is 1.88 bits per heavy atom. The Morgan fingerprint density at radius 1 is 1.15 bits per heavy atom. The lowest BCUT2D eigenvalue weighted by molar-refractivity contribution is -0.121. The third kappa shape index (κ3) is 4.56. The monoisotopic (exact) mass is 353 g/mol. The fourth-order valence-corrected chi connectivity index (χ4v) is 3.05. The van der Waals surface area contributed by atoms with Crippen molar-refractivity contribution in [1.82, 2.24) is 15.3 Å². The Kier molecular flexibility index (Phi) is 5.78. The predicted molar refractivity (Wildman–Crippen MR) is 99.8 cm³/mol. The second-order valence-electron chi connectivity index (χ2n) is 6.36. The largest absolute Gasteiger partial charge is 0.359 e. The average molecular weight is 353 g/mol. The van der Waals surface area contributed by atoms with Crippen molar-refractivity contribution in [3.8, 4) is 0 Å². The summed E-state index contributed by atoms with van der Waals surface area (Å²) in [4.78, 5) is 34.4. The molecule has 0 aliphatic carbocycles. The molecule has 2 heterocycles. The predicted octanol–water partition coefficient (Wildman–Crippen LogP) is 1.62. The minimum atomic E-state index is -0.0309. The van der Waals surface area contributed by atoms with E-state index >= 15 is 0 Å². The number of carbonyl (C=O) groups excluding carboxylic acids is 2. The van der Waals surface area contributed by atoms with E-state index in [2.05, 4.69) is 25.5 Å². The van der Waals surface area contributed by atoms with Crippen LogP contribution in [0.25, 0.3) is 0 Å². The summed E-state index contributed by atoms with van der Waals surface area (Å²) in [5, 5.41) is 5.57. The van der Waals surface area contributed by atoms with Gasteiger partial charge in [-0.05, 0) is 30.5 Å². The molecule has 0 bridgehead atoms. The number of piperidine rings is 1. The van der Waals surface area contributed by atoms with Crippen molar-refractivity contribution in [1.29, 1.82) is 0 Å². The highest BCUT2D eigenvalue weighted by Crippen LogP contribution is 2.22. The normalized spacial score (nSPS) is 14.7. The summed E-state index contributed by atoms with van der Waals surface area (Å²) in [6.45, 7) is 1.59. The Morgan fingerprint density at radius 3 is 2.50 bits per heavy atom. The van der Waals surface area contributed by atoms with Gasteiger partial charge in [-0.15, -0.1) is 0 Å². The van der Waals surface area contributed by atoms with Crippen LogP contribution in [0.2, 0.25) is 0 Å². The highest BCUT2D eigenvalue weighted by atomic mass is 16.2. The molecule has 2 amide bonds. The number of anilines is 2. The molecule has 7 heteroatoms. The lowest BCUT2D eigenvalue weighted by Gasteiger charge is -2.31. The van der Waals surface area contributed by atoms with Gasteiger partial charge in [-0.1, -0.05) is 12.1 Å². The maximum Gasteiger partial charge on any atom is 0.227 e. The second-order valence-corrected chi connectivity index (χ2v) is 6.36. The Labute approximate surface area is 152 Å². The molecule has 26 heavy (non-hydrogen) atoms. The van der Waals surface area contributed by atoms with Crippen LogP contribution >= 0.6 is 0 Å². The summed E-state index contributed by atoms with van der Waals surface area (Å²) < 4.78 is 0. The van der Waals surface area contributed by atoms with Crippen molar-refractivity contribution in [3.63, 3.8) is 0 Å². The van der Waals surface area contributed by atoms with Crippen molar-refractivity contribution in [3.05, 3.63) is 48.4 Å². The molecule has 1 aliphatic rings. The van der Waals surface area contributed by atoms with Crippen LogP contribution in [0.1, 0.15) is 18.4 Å². The minimum absolute atomic E-state index is 0.00605. The van der Waals surface area contributed by atoms with E-state index in [0.29, 0.717) is 6.42 Å². The molecule has 0 unspecified atom stereocenters. The Balaban J connectivity index is 1.50. The fraction of sp³-hybridized carbons (Fsp3) is 0.368. The molecule has 1 aromatic carbocycles. The van der Waals surface area contributed by atoms with Gasteiger partial charge in [0.25, 0.3) is 0 Å². The van der Waals surface area contributed by atoms with Crippen molar-refractivity contribution in [2.45, 2.75) is 19.3 Å². The number of likely N-dealkylation sites (N-methyl/N-ethyl adjacent to an activating group) is 1. The molecular weight excluding hydrogens is 330 g/mol. The molecule has 0 atom stereocenters. The molecule has 2 N–H and O–H groups in total. The van der Waals surface area contributed by atoms with E-state index in [4.69, 9.17) is 0 Å². The molecule has 0 saturated carbocycles. The summed E-state index contributed by atoms with van der Waals surface area (Å²) in [6, 6.07) is 7.40. The van der Waals surface area contributed by atoms with Gasteiger partial charge in [0.15, 0.2) is 0 Å². The molecule has 136 valence electrons. The van der Waals surface area contributed by atoms with E-state index in [9.17, 15) is 9.59 Å². The van der Waals surface area contributed by atoms with Gasteiger partial charge in [-0.25, -0.2) is 4.98 Å². The molecule has 1 aromatic heterocycles. The lowest BCUT2D eigenvalue weighted by atomic mass is 9.96. The first-order valence-electron chi connectivity index (χ1n) is 8.77. The van der Waals surface area contributed by atoms with E-state index in [1.807, 2.05) is 24.3 Å². The van der Waals surface area contributed by atoms with Gasteiger partial charge >= 0.3 is 0 Å². The highest BCUT2D eigenvalue weighted by Gasteiger charge is 2.25. The second kappa shape index (κ2) is 8.42. The van der Waals surface area contributed by atoms with E-state index in [1.165, 1.54) is 0 Å². The quantitative estimate of drug-likeness (QED) is 0.853. The number of aromatic nitrogens is 2. The highest BCUT2D eigenvalue weighted by molar-refractivity contribution is 5.92. The maximum absolute atomic E-state index is 12.5. The number of nitrogens with zero attached hydrogens (tertiary/aromatic N) is 3. The van der Waals surface area contributed by atoms with Gasteiger partial charge in [0, 0.05) is 44.1 Å². The molecule has 1 aliphatic heterocycles. The number of amides is 2. The van der Waals surface area contributed by atoms with Gasteiger partial charge in [0.05, 0.1) is 12.6 Å². The summed E-state index contributed by atoms with van der Waals surface area (Å²) in [5.74, 6) is 0.867. The van der Waals surface area contributed by atoms with Crippen molar-refractivity contribution in [2.24, 2.45) is 5.92 Å². The zero-order valence-electron chi connectivity index (χ0n) is 14.8. The van der Waals surface area contributed by atoms with Crippen LogP contribution < -0.4 is 15.5 Å². The van der Waals surface area contributed by atoms with Gasteiger partial charge in [0.1, 0.15) is 5.82 Å². The van der Waals surface area contributed by atoms with Crippen LogP contribution in [0.4, 0.5) is 11.5 Å². The molecule has 0 spiro atoms. The third-order valence-corrected chi connectivity index (χ3v) is 4.60. The molecular formula is C19H23N5O2. The average Bonchev–Trinajstić information content (AvgIpc) is 2.70. The number of hydrogen-bond donors (Lipinski definition) is 2. The van der Waals surface area contributed by atoms with E-state index in [1.54, 1.807) is 25.6 Å². The molecule has 7 nitrogen and oxygen atoms in total. The van der Waals surface area contributed by atoms with Crippen LogP contribution in [0.15, 0.2) is 42.9 Å². The van der Waals surface area contributed by atoms with Crippen molar-refractivity contribution >= 4 is 23.3 Å². The number of nitrogens with one attached hydrogen (secondary N) is 2. The minimum Gasteiger partial charge on any atom is -0.359 e. The lowest BCUT2D eigenvalue weighted by Crippen LogP contribution is -2.38. The number of hydrogen-bond acceptors (Lipinski definition) is 5. The van der Waals surface area contributed by atoms with E-state index < -0.39 is 0 Å². The van der Waals surface area contributed by atoms with Gasteiger partial charge in [-0.3, -0.25) is 14.6 Å². The number of carbonyl (C=O) groups is 2. The standard InChI is InChI=1S/C19H23N5O2/c1-20-18(25)12-14-2-4-16(5-3-14)23-19(26)15-6-10-24(11-7-15)17-13-21-8-9-22-17/h2-5,8-9,13,15H,6-7,10-12H2,1H3,(H,20,25)(H,23,26). The molecule has 1 saturated heterocycles. The van der Waals surface area contributed by atoms with Crippen LogP contribution in [0.3, 0.4) is 0 Å². The van der Waals surface area contributed by atoms with E-state index in [-0.39, 0.29) is 17.7 Å². The van der Waals surface area contributed by atoms with Gasteiger partial charge in [0.2, 0.25) is 11.8 Å².